The van der Waals surface area contributed by atoms with Gasteiger partial charge in [0, 0.05) is 49.6 Å². The van der Waals surface area contributed by atoms with Crippen LogP contribution in [0.4, 0.5) is 5.95 Å². The largest absolute Gasteiger partial charge is 0.376 e. The van der Waals surface area contributed by atoms with E-state index < -0.39 is 0 Å². The molecule has 2 aliphatic heterocycles. The minimum atomic E-state index is -0.0299. The fourth-order valence-corrected chi connectivity index (χ4v) is 4.26. The van der Waals surface area contributed by atoms with E-state index in [1.807, 2.05) is 24.7 Å². The van der Waals surface area contributed by atoms with Crippen LogP contribution in [0.2, 0.25) is 0 Å². The molecule has 1 saturated heterocycles. The molecule has 0 bridgehead atoms. The third-order valence-corrected chi connectivity index (χ3v) is 5.77. The number of amides is 1. The van der Waals surface area contributed by atoms with Crippen molar-refractivity contribution in [2.45, 2.75) is 65.6 Å². The lowest BCUT2D eigenvalue weighted by atomic mass is 10.0. The third kappa shape index (κ3) is 4.12. The monoisotopic (exact) mass is 398 g/mol. The lowest BCUT2D eigenvalue weighted by Gasteiger charge is -2.33. The Kier molecular flexibility index (Phi) is 5.80. The summed E-state index contributed by atoms with van der Waals surface area (Å²) in [7, 11) is 0. The summed E-state index contributed by atoms with van der Waals surface area (Å²) in [6.07, 6.45) is 5.67. The quantitative estimate of drug-likeness (QED) is 0.831. The number of aryl methyl sites for hydroxylation is 2. The number of rotatable bonds is 5. The van der Waals surface area contributed by atoms with Gasteiger partial charge >= 0.3 is 0 Å². The maximum absolute atomic E-state index is 13.0. The molecule has 156 valence electrons. The van der Waals surface area contributed by atoms with E-state index in [-0.39, 0.29) is 11.9 Å². The minimum Gasteiger partial charge on any atom is -0.376 e. The number of nitrogens with zero attached hydrogens (tertiary/aromatic N) is 5. The van der Waals surface area contributed by atoms with Gasteiger partial charge in [0.15, 0.2) is 0 Å². The molecular weight excluding hydrogens is 368 g/mol. The van der Waals surface area contributed by atoms with Gasteiger partial charge in [-0.25, -0.2) is 9.97 Å². The van der Waals surface area contributed by atoms with E-state index in [0.717, 1.165) is 73.9 Å². The Morgan fingerprint density at radius 3 is 3.07 bits per heavy atom. The summed E-state index contributed by atoms with van der Waals surface area (Å²) < 4.78 is 7.41. The molecule has 29 heavy (non-hydrogen) atoms. The van der Waals surface area contributed by atoms with Crippen LogP contribution in [-0.4, -0.2) is 51.4 Å². The molecule has 1 N–H and O–H groups in total. The van der Waals surface area contributed by atoms with Gasteiger partial charge in [-0.2, -0.15) is 5.10 Å². The standard InChI is InChI=1S/C21H30N6O2/c1-4-8-27-15(3)19(14(2)25-27)20(28)23-17-6-5-9-26(12-17)21-22-11-16-13-29-10-7-18(16)24-21/h11,17H,4-10,12-13H2,1-3H3,(H,23,28). The second-order valence-electron chi connectivity index (χ2n) is 7.97. The molecule has 0 aromatic carbocycles. The van der Waals surface area contributed by atoms with E-state index in [4.69, 9.17) is 9.72 Å². The highest BCUT2D eigenvalue weighted by atomic mass is 16.5. The SMILES string of the molecule is CCCn1nc(C)c(C(=O)NC2CCCN(c3ncc4c(n3)CCOC4)C2)c1C. The average molecular weight is 399 g/mol. The van der Waals surface area contributed by atoms with E-state index in [1.165, 1.54) is 0 Å². The van der Waals surface area contributed by atoms with Crippen molar-refractivity contribution in [3.05, 3.63) is 34.4 Å². The lowest BCUT2D eigenvalue weighted by molar-refractivity contribution is 0.0931. The predicted molar refractivity (Wildman–Crippen MR) is 110 cm³/mol. The van der Waals surface area contributed by atoms with Gasteiger partial charge in [-0.3, -0.25) is 9.48 Å². The molecule has 1 amide bonds. The van der Waals surface area contributed by atoms with Crippen molar-refractivity contribution in [2.24, 2.45) is 0 Å². The number of nitrogens with one attached hydrogen (secondary N) is 1. The Hall–Kier alpha value is -2.48. The molecule has 1 atom stereocenters. The smallest absolute Gasteiger partial charge is 0.255 e. The molecule has 0 aliphatic carbocycles. The maximum atomic E-state index is 13.0. The second kappa shape index (κ2) is 8.49. The molecule has 2 aromatic heterocycles. The summed E-state index contributed by atoms with van der Waals surface area (Å²) in [5.74, 6) is 0.727. The Labute approximate surface area is 171 Å². The van der Waals surface area contributed by atoms with Crippen molar-refractivity contribution in [1.29, 1.82) is 0 Å². The van der Waals surface area contributed by atoms with Crippen LogP contribution in [0.5, 0.6) is 0 Å². The highest BCUT2D eigenvalue weighted by Gasteiger charge is 2.26. The van der Waals surface area contributed by atoms with Crippen molar-refractivity contribution in [3.8, 4) is 0 Å². The Morgan fingerprint density at radius 2 is 2.24 bits per heavy atom. The summed E-state index contributed by atoms with van der Waals surface area (Å²) in [6, 6.07) is 0.0764. The van der Waals surface area contributed by atoms with Gasteiger partial charge in [0.2, 0.25) is 5.95 Å². The molecule has 4 heterocycles. The predicted octanol–water partition coefficient (Wildman–Crippen LogP) is 2.17. The van der Waals surface area contributed by atoms with E-state index >= 15 is 0 Å². The molecule has 4 rings (SSSR count). The molecule has 0 saturated carbocycles. The molecule has 8 heteroatoms. The lowest BCUT2D eigenvalue weighted by Crippen LogP contribution is -2.48. The van der Waals surface area contributed by atoms with Gasteiger partial charge < -0.3 is 15.0 Å². The molecule has 1 unspecified atom stereocenters. The summed E-state index contributed by atoms with van der Waals surface area (Å²) in [6.45, 7) is 9.77. The number of ether oxygens (including phenoxy) is 1. The van der Waals surface area contributed by atoms with Gasteiger partial charge in [-0.1, -0.05) is 6.92 Å². The summed E-state index contributed by atoms with van der Waals surface area (Å²) in [4.78, 5) is 24.5. The normalized spacial score (nSPS) is 19.1. The number of carbonyl (C=O) groups is 1. The van der Waals surface area contributed by atoms with Crippen LogP contribution in [0.3, 0.4) is 0 Å². The zero-order valence-electron chi connectivity index (χ0n) is 17.6. The number of aromatic nitrogens is 4. The fourth-order valence-electron chi connectivity index (χ4n) is 4.26. The van der Waals surface area contributed by atoms with Crippen molar-refractivity contribution < 1.29 is 9.53 Å². The van der Waals surface area contributed by atoms with E-state index in [0.29, 0.717) is 18.8 Å². The van der Waals surface area contributed by atoms with Crippen LogP contribution in [0.25, 0.3) is 0 Å². The summed E-state index contributed by atoms with van der Waals surface area (Å²) in [5.41, 5.74) is 4.61. The first-order chi connectivity index (χ1) is 14.1. The van der Waals surface area contributed by atoms with Crippen LogP contribution in [0.15, 0.2) is 6.20 Å². The third-order valence-electron chi connectivity index (χ3n) is 5.77. The molecule has 2 aliphatic rings. The molecular formula is C21H30N6O2. The van der Waals surface area contributed by atoms with E-state index in [2.05, 4.69) is 27.2 Å². The van der Waals surface area contributed by atoms with Crippen molar-refractivity contribution in [1.82, 2.24) is 25.1 Å². The van der Waals surface area contributed by atoms with Gasteiger partial charge in [-0.15, -0.1) is 0 Å². The highest BCUT2D eigenvalue weighted by Crippen LogP contribution is 2.21. The number of hydrogen-bond donors (Lipinski definition) is 1. The topological polar surface area (TPSA) is 85.2 Å². The van der Waals surface area contributed by atoms with E-state index in [9.17, 15) is 4.79 Å². The Balaban J connectivity index is 1.45. The van der Waals surface area contributed by atoms with Gasteiger partial charge in [-0.05, 0) is 33.1 Å². The highest BCUT2D eigenvalue weighted by molar-refractivity contribution is 5.96. The number of piperidine rings is 1. The van der Waals surface area contributed by atoms with Crippen molar-refractivity contribution >= 4 is 11.9 Å². The van der Waals surface area contributed by atoms with Crippen LogP contribution in [0.1, 0.15) is 59.2 Å². The van der Waals surface area contributed by atoms with Gasteiger partial charge in [0.25, 0.3) is 5.91 Å². The van der Waals surface area contributed by atoms with Gasteiger partial charge in [0.05, 0.1) is 30.2 Å². The Bertz CT molecular complexity index is 894. The zero-order chi connectivity index (χ0) is 20.4. The van der Waals surface area contributed by atoms with Crippen LogP contribution in [-0.2, 0) is 24.3 Å². The Morgan fingerprint density at radius 1 is 1.38 bits per heavy atom. The first-order valence-corrected chi connectivity index (χ1v) is 10.6. The molecule has 1 fully saturated rings. The van der Waals surface area contributed by atoms with Crippen LogP contribution < -0.4 is 10.2 Å². The van der Waals surface area contributed by atoms with Crippen molar-refractivity contribution in [2.75, 3.05) is 24.6 Å². The number of carbonyl (C=O) groups excluding carboxylic acids is 1. The van der Waals surface area contributed by atoms with Crippen LogP contribution >= 0.6 is 0 Å². The maximum Gasteiger partial charge on any atom is 0.255 e. The summed E-state index contributed by atoms with van der Waals surface area (Å²) >= 11 is 0. The zero-order valence-corrected chi connectivity index (χ0v) is 17.6. The number of fused-ring (bicyclic) bond motifs is 1. The van der Waals surface area contributed by atoms with E-state index in [1.54, 1.807) is 0 Å². The van der Waals surface area contributed by atoms with Crippen LogP contribution in [0, 0.1) is 13.8 Å². The first-order valence-electron chi connectivity index (χ1n) is 10.6. The molecule has 8 nitrogen and oxygen atoms in total. The first kappa shape index (κ1) is 19.8. The fraction of sp³-hybridized carbons (Fsp3) is 0.619. The number of anilines is 1. The number of hydrogen-bond acceptors (Lipinski definition) is 6. The molecule has 2 aromatic rings. The molecule has 0 radical (unpaired) electrons. The molecule has 0 spiro atoms. The summed E-state index contributed by atoms with van der Waals surface area (Å²) in [5, 5.41) is 7.76. The second-order valence-corrected chi connectivity index (χ2v) is 7.97. The minimum absolute atomic E-state index is 0.0299. The average Bonchev–Trinajstić information content (AvgIpc) is 3.01. The van der Waals surface area contributed by atoms with Crippen molar-refractivity contribution in [3.63, 3.8) is 0 Å². The van der Waals surface area contributed by atoms with Gasteiger partial charge in [0.1, 0.15) is 0 Å².